The molecule has 16 heavy (non-hydrogen) atoms. The van der Waals surface area contributed by atoms with Crippen molar-refractivity contribution < 1.29 is 0 Å². The van der Waals surface area contributed by atoms with Crippen LogP contribution in [0.3, 0.4) is 0 Å². The highest BCUT2D eigenvalue weighted by Crippen LogP contribution is 2.24. The highest BCUT2D eigenvalue weighted by Gasteiger charge is 2.22. The van der Waals surface area contributed by atoms with Gasteiger partial charge >= 0.3 is 0 Å². The topological polar surface area (TPSA) is 12.0 Å². The fourth-order valence-electron chi connectivity index (χ4n) is 2.12. The summed E-state index contributed by atoms with van der Waals surface area (Å²) in [5, 5.41) is 3.56. The van der Waals surface area contributed by atoms with E-state index in [1.807, 2.05) is 27.7 Å². The van der Waals surface area contributed by atoms with Gasteiger partial charge in [0.15, 0.2) is 0 Å². The first-order chi connectivity index (χ1) is 7.86. The Morgan fingerprint density at radius 3 is 2.31 bits per heavy atom. The van der Waals surface area contributed by atoms with E-state index >= 15 is 0 Å². The molecule has 1 nitrogen and oxygen atoms in total. The molecule has 0 aromatic heterocycles. The van der Waals surface area contributed by atoms with Crippen LogP contribution in [0, 0.1) is 5.92 Å². The van der Waals surface area contributed by atoms with Crippen LogP contribution in [0.5, 0.6) is 0 Å². The van der Waals surface area contributed by atoms with Crippen molar-refractivity contribution in [2.75, 3.05) is 6.54 Å². The van der Waals surface area contributed by atoms with Crippen molar-refractivity contribution in [3.63, 3.8) is 0 Å². The van der Waals surface area contributed by atoms with E-state index in [0.717, 1.165) is 12.0 Å². The van der Waals surface area contributed by atoms with Gasteiger partial charge in [0, 0.05) is 6.04 Å². The van der Waals surface area contributed by atoms with Crippen molar-refractivity contribution in [2.45, 2.75) is 59.9 Å². The summed E-state index contributed by atoms with van der Waals surface area (Å²) >= 11 is 0. The Labute approximate surface area is 102 Å². The summed E-state index contributed by atoms with van der Waals surface area (Å²) in [5.41, 5.74) is 1.42. The van der Waals surface area contributed by atoms with Crippen LogP contribution in [-0.2, 0) is 0 Å². The van der Waals surface area contributed by atoms with E-state index in [-0.39, 0.29) is 0 Å². The minimum absolute atomic E-state index is 0.755. The summed E-state index contributed by atoms with van der Waals surface area (Å²) in [7, 11) is 0. The first-order valence-electron chi connectivity index (χ1n) is 6.94. The lowest BCUT2D eigenvalue weighted by Gasteiger charge is -2.21. The molecule has 2 atom stereocenters. The van der Waals surface area contributed by atoms with Gasteiger partial charge in [-0.15, -0.1) is 0 Å². The SMILES string of the molecule is CC.CC.CC1=CCC(C2CCCN2)C=C1. The third kappa shape index (κ3) is 4.98. The summed E-state index contributed by atoms with van der Waals surface area (Å²) < 4.78 is 0. The van der Waals surface area contributed by atoms with Crippen LogP contribution in [0.1, 0.15) is 53.9 Å². The quantitative estimate of drug-likeness (QED) is 0.698. The Kier molecular flexibility index (Phi) is 9.31. The molecule has 1 heterocycles. The van der Waals surface area contributed by atoms with Gasteiger partial charge in [-0.05, 0) is 38.6 Å². The molecule has 1 aliphatic carbocycles. The van der Waals surface area contributed by atoms with E-state index in [4.69, 9.17) is 0 Å². The molecule has 94 valence electrons. The predicted octanol–water partition coefficient (Wildman–Crippen LogP) is 4.31. The van der Waals surface area contributed by atoms with Gasteiger partial charge in [0.25, 0.3) is 0 Å². The lowest BCUT2D eigenvalue weighted by Crippen LogP contribution is -2.29. The van der Waals surface area contributed by atoms with Crippen molar-refractivity contribution in [3.8, 4) is 0 Å². The Morgan fingerprint density at radius 2 is 1.88 bits per heavy atom. The van der Waals surface area contributed by atoms with Crippen molar-refractivity contribution in [1.82, 2.24) is 5.32 Å². The molecule has 1 heteroatoms. The lowest BCUT2D eigenvalue weighted by atomic mass is 9.90. The molecule has 0 aromatic carbocycles. The first kappa shape index (κ1) is 15.4. The van der Waals surface area contributed by atoms with E-state index in [9.17, 15) is 0 Å². The zero-order valence-corrected chi connectivity index (χ0v) is 11.7. The average molecular weight is 223 g/mol. The molecule has 2 rings (SSSR count). The molecule has 2 aliphatic rings. The molecule has 0 radical (unpaired) electrons. The lowest BCUT2D eigenvalue weighted by molar-refractivity contribution is 0.460. The van der Waals surface area contributed by atoms with Crippen LogP contribution >= 0.6 is 0 Å². The number of hydrogen-bond acceptors (Lipinski definition) is 1. The third-order valence-corrected chi connectivity index (χ3v) is 2.93. The zero-order valence-electron chi connectivity index (χ0n) is 11.7. The summed E-state index contributed by atoms with van der Waals surface area (Å²) in [6.07, 6.45) is 10.9. The van der Waals surface area contributed by atoms with E-state index in [0.29, 0.717) is 0 Å². The van der Waals surface area contributed by atoms with Gasteiger partial charge in [0.2, 0.25) is 0 Å². The highest BCUT2D eigenvalue weighted by molar-refractivity contribution is 5.22. The Morgan fingerprint density at radius 1 is 1.19 bits per heavy atom. The van der Waals surface area contributed by atoms with E-state index in [1.165, 1.54) is 31.4 Å². The van der Waals surface area contributed by atoms with E-state index < -0.39 is 0 Å². The molecule has 2 unspecified atom stereocenters. The Hall–Kier alpha value is -0.560. The normalized spacial score (nSPS) is 27.2. The molecule has 1 N–H and O–H groups in total. The van der Waals surface area contributed by atoms with Gasteiger partial charge in [0.1, 0.15) is 0 Å². The van der Waals surface area contributed by atoms with Gasteiger partial charge in [-0.25, -0.2) is 0 Å². The number of nitrogens with one attached hydrogen (secondary N) is 1. The van der Waals surface area contributed by atoms with Crippen LogP contribution in [0.2, 0.25) is 0 Å². The molecule has 1 aliphatic heterocycles. The maximum atomic E-state index is 3.56. The second-order valence-corrected chi connectivity index (χ2v) is 3.91. The molecule has 0 amide bonds. The van der Waals surface area contributed by atoms with Crippen LogP contribution in [0.25, 0.3) is 0 Å². The van der Waals surface area contributed by atoms with E-state index in [1.54, 1.807) is 0 Å². The van der Waals surface area contributed by atoms with Crippen LogP contribution in [-0.4, -0.2) is 12.6 Å². The van der Waals surface area contributed by atoms with Crippen molar-refractivity contribution >= 4 is 0 Å². The smallest absolute Gasteiger partial charge is 0.0133 e. The van der Waals surface area contributed by atoms with Crippen molar-refractivity contribution in [1.29, 1.82) is 0 Å². The zero-order chi connectivity index (χ0) is 12.4. The fraction of sp³-hybridized carbons (Fsp3) is 0.733. The minimum atomic E-state index is 0.755. The van der Waals surface area contributed by atoms with E-state index in [2.05, 4.69) is 30.5 Å². The largest absolute Gasteiger partial charge is 0.313 e. The summed E-state index contributed by atoms with van der Waals surface area (Å²) in [5.74, 6) is 0.760. The summed E-state index contributed by atoms with van der Waals surface area (Å²) in [4.78, 5) is 0. The van der Waals surface area contributed by atoms with Crippen LogP contribution < -0.4 is 5.32 Å². The summed E-state index contributed by atoms with van der Waals surface area (Å²) in [6, 6.07) is 0.755. The van der Waals surface area contributed by atoms with Crippen molar-refractivity contribution in [3.05, 3.63) is 23.8 Å². The van der Waals surface area contributed by atoms with Gasteiger partial charge in [-0.2, -0.15) is 0 Å². The maximum absolute atomic E-state index is 3.56. The highest BCUT2D eigenvalue weighted by atomic mass is 14.9. The standard InChI is InChI=1S/C11H17N.2C2H6/c1-9-4-6-10(7-5-9)11-3-2-8-12-11;2*1-2/h4-6,10-12H,2-3,7-8H2,1H3;2*1-2H3. The minimum Gasteiger partial charge on any atom is -0.313 e. The number of allylic oxidation sites excluding steroid dienone is 3. The monoisotopic (exact) mass is 223 g/mol. The molecule has 0 aromatic rings. The third-order valence-electron chi connectivity index (χ3n) is 2.93. The molecule has 0 bridgehead atoms. The molecule has 0 spiro atoms. The van der Waals surface area contributed by atoms with Crippen LogP contribution in [0.15, 0.2) is 23.8 Å². The van der Waals surface area contributed by atoms with Gasteiger partial charge in [-0.1, -0.05) is 51.5 Å². The maximum Gasteiger partial charge on any atom is 0.0133 e. The fourth-order valence-corrected chi connectivity index (χ4v) is 2.12. The number of rotatable bonds is 1. The predicted molar refractivity (Wildman–Crippen MR) is 74.7 cm³/mol. The van der Waals surface area contributed by atoms with Gasteiger partial charge in [0.05, 0.1) is 0 Å². The van der Waals surface area contributed by atoms with Gasteiger partial charge < -0.3 is 5.32 Å². The Balaban J connectivity index is 0.000000509. The van der Waals surface area contributed by atoms with Gasteiger partial charge in [-0.3, -0.25) is 0 Å². The first-order valence-corrected chi connectivity index (χ1v) is 6.94. The molecular formula is C15H29N. The average Bonchev–Trinajstić information content (AvgIpc) is 2.89. The second kappa shape index (κ2) is 9.65. The Bertz CT molecular complexity index is 209. The molecule has 1 fully saturated rings. The summed E-state index contributed by atoms with van der Waals surface area (Å²) in [6.45, 7) is 11.4. The van der Waals surface area contributed by atoms with Crippen molar-refractivity contribution in [2.24, 2.45) is 5.92 Å². The molecule has 1 saturated heterocycles. The van der Waals surface area contributed by atoms with Crippen LogP contribution in [0.4, 0.5) is 0 Å². The number of hydrogen-bond donors (Lipinski definition) is 1. The molecular weight excluding hydrogens is 194 g/mol. The molecule has 0 saturated carbocycles. The second-order valence-electron chi connectivity index (χ2n) is 3.91.